The number of hydrogen-bond donors (Lipinski definition) is 0. The summed E-state index contributed by atoms with van der Waals surface area (Å²) in [6.07, 6.45) is 4.08. The first kappa shape index (κ1) is 23.9. The second kappa shape index (κ2) is 54.5. The Morgan fingerprint density at radius 2 is 1.00 bits per heavy atom. The maximum atomic E-state index is 4.25. The zero-order valence-electron chi connectivity index (χ0n) is 4.82. The lowest BCUT2D eigenvalue weighted by molar-refractivity contribution is 0.277. The van der Waals surface area contributed by atoms with Crippen LogP contribution < -0.4 is 0 Å². The van der Waals surface area contributed by atoms with Crippen molar-refractivity contribution in [3.05, 3.63) is 0 Å². The predicted octanol–water partition coefficient (Wildman–Crippen LogP) is 2.51. The van der Waals surface area contributed by atoms with Crippen LogP contribution in [0.4, 0.5) is 0 Å². The van der Waals surface area contributed by atoms with E-state index in [4.69, 9.17) is 0 Å². The number of thioether (sulfide) groups is 1. The maximum absolute atomic E-state index is 4.25. The van der Waals surface area contributed by atoms with Crippen LogP contribution in [0.25, 0.3) is 0 Å². The van der Waals surface area contributed by atoms with Crippen LogP contribution in [0.5, 0.6) is 0 Å². The highest BCUT2D eigenvalue weighted by atomic mass is 32.2. The minimum absolute atomic E-state index is 0. The van der Waals surface area contributed by atoms with E-state index in [0.717, 1.165) is 0 Å². The fourth-order valence-corrected chi connectivity index (χ4v) is 0. The largest absolute Gasteiger partial charge is 0.388 e. The van der Waals surface area contributed by atoms with Crippen LogP contribution in [0.15, 0.2) is 0 Å². The van der Waals surface area contributed by atoms with E-state index in [1.165, 1.54) is 0 Å². The van der Waals surface area contributed by atoms with Crippen molar-refractivity contribution in [3.8, 4) is 0 Å². The van der Waals surface area contributed by atoms with Crippen LogP contribution in [0.1, 0.15) is 14.9 Å². The predicted molar refractivity (Wildman–Crippen MR) is 45.8 cm³/mol. The summed E-state index contributed by atoms with van der Waals surface area (Å²) in [5.41, 5.74) is 0. The van der Waals surface area contributed by atoms with E-state index < -0.39 is 0 Å². The van der Waals surface area contributed by atoms with E-state index in [1.54, 1.807) is 26.0 Å². The highest BCUT2D eigenvalue weighted by Crippen LogP contribution is 1.70. The molecule has 0 aliphatic rings. The minimum atomic E-state index is 0. The highest BCUT2D eigenvalue weighted by Gasteiger charge is 1.32. The molecule has 0 aliphatic heterocycles. The minimum Gasteiger partial charge on any atom is -0.388 e. The monoisotopic (exact) mass is 140 g/mol. The molecule has 0 aromatic heterocycles. The van der Waals surface area contributed by atoms with Gasteiger partial charge in [-0.2, -0.15) is 11.8 Å². The Kier molecular flexibility index (Phi) is 163. The molecule has 0 bridgehead atoms. The van der Waals surface area contributed by atoms with Gasteiger partial charge in [0.05, 0.1) is 0 Å². The maximum Gasteiger partial charge on any atom is 0.0351 e. The molecular formula is C6H20OS. The average molecular weight is 140 g/mol. The van der Waals surface area contributed by atoms with Crippen LogP contribution >= 0.6 is 11.8 Å². The molecule has 0 radical (unpaired) electrons. The number of methoxy groups -OCH3 is 1. The average Bonchev–Trinajstić information content (AvgIpc) is 1.39. The molecule has 8 heavy (non-hydrogen) atoms. The molecule has 0 aromatic carbocycles. The Balaban J connectivity index is -0.0000000160. The second-order valence-electron chi connectivity index (χ2n) is 0.816. The molecule has 0 amide bonds. The Labute approximate surface area is 58.8 Å². The molecule has 0 heterocycles. The van der Waals surface area contributed by atoms with Gasteiger partial charge in [-0.25, -0.2) is 0 Å². The van der Waals surface area contributed by atoms with Crippen molar-refractivity contribution in [3.63, 3.8) is 0 Å². The van der Waals surface area contributed by atoms with Gasteiger partial charge in [0.25, 0.3) is 0 Å². The molecule has 0 saturated carbocycles. The molecule has 0 atom stereocenters. The molecule has 0 rings (SSSR count). The number of ether oxygens (including phenoxy) is 1. The molecule has 0 spiro atoms. The van der Waals surface area contributed by atoms with Gasteiger partial charge in [-0.05, 0) is 12.5 Å². The van der Waals surface area contributed by atoms with Gasteiger partial charge < -0.3 is 4.74 Å². The van der Waals surface area contributed by atoms with Crippen LogP contribution in [0.3, 0.4) is 0 Å². The Hall–Kier alpha value is 0.310. The summed E-state index contributed by atoms with van der Waals surface area (Å²) in [4.78, 5) is 0. The molecule has 2 heteroatoms. The van der Waals surface area contributed by atoms with Gasteiger partial charge in [0.2, 0.25) is 0 Å². The van der Waals surface area contributed by atoms with E-state index in [-0.39, 0.29) is 14.9 Å². The fourth-order valence-electron chi connectivity index (χ4n) is 0. The lowest BCUT2D eigenvalue weighted by Crippen LogP contribution is -1.55. The normalized spacial score (nSPS) is 4.50. The van der Waals surface area contributed by atoms with Gasteiger partial charge in [0.15, 0.2) is 0 Å². The van der Waals surface area contributed by atoms with Gasteiger partial charge in [0, 0.05) is 14.2 Å². The van der Waals surface area contributed by atoms with Gasteiger partial charge in [0.1, 0.15) is 0 Å². The quantitative estimate of drug-likeness (QED) is 0.511. The summed E-state index contributed by atoms with van der Waals surface area (Å²) in [5, 5.41) is 0. The van der Waals surface area contributed by atoms with E-state index in [9.17, 15) is 0 Å². The first-order chi connectivity index (χ1) is 2.83. The second-order valence-corrected chi connectivity index (χ2v) is 1.63. The van der Waals surface area contributed by atoms with Gasteiger partial charge >= 0.3 is 0 Å². The SMILES string of the molecule is C.C.COC.CSC. The summed E-state index contributed by atoms with van der Waals surface area (Å²) >= 11 is 1.75. The van der Waals surface area contributed by atoms with Gasteiger partial charge in [-0.3, -0.25) is 0 Å². The molecule has 0 unspecified atom stereocenters. The molecule has 1 nitrogen and oxygen atoms in total. The molecule has 56 valence electrons. The van der Waals surface area contributed by atoms with Crippen molar-refractivity contribution in [1.82, 2.24) is 0 Å². The van der Waals surface area contributed by atoms with Crippen molar-refractivity contribution < 1.29 is 4.74 Å². The summed E-state index contributed by atoms with van der Waals surface area (Å²) in [7, 11) is 3.25. The van der Waals surface area contributed by atoms with Crippen LogP contribution in [-0.2, 0) is 4.74 Å². The Bertz CT molecular complexity index is 10.5. The standard InChI is InChI=1S/C2H6O.C2H6S.2CH4/c2*1-3-2;;/h2*1-2H3;2*1H4. The lowest BCUT2D eigenvalue weighted by atomic mass is 11.6. The molecule has 0 fully saturated rings. The van der Waals surface area contributed by atoms with E-state index in [0.29, 0.717) is 0 Å². The number of hydrogen-bond acceptors (Lipinski definition) is 2. The molecule has 0 aliphatic carbocycles. The molecule has 0 saturated heterocycles. The molecule has 0 N–H and O–H groups in total. The highest BCUT2D eigenvalue weighted by molar-refractivity contribution is 7.97. The van der Waals surface area contributed by atoms with Crippen LogP contribution in [0, 0.1) is 0 Å². The van der Waals surface area contributed by atoms with E-state index in [1.807, 2.05) is 12.5 Å². The van der Waals surface area contributed by atoms with Crippen LogP contribution in [-0.4, -0.2) is 26.7 Å². The van der Waals surface area contributed by atoms with Crippen molar-refractivity contribution in [2.75, 3.05) is 26.7 Å². The summed E-state index contributed by atoms with van der Waals surface area (Å²) in [6, 6.07) is 0. The summed E-state index contributed by atoms with van der Waals surface area (Å²) in [6.45, 7) is 0. The van der Waals surface area contributed by atoms with Crippen molar-refractivity contribution in [2.45, 2.75) is 14.9 Å². The van der Waals surface area contributed by atoms with E-state index in [2.05, 4.69) is 4.74 Å². The topological polar surface area (TPSA) is 9.23 Å². The van der Waals surface area contributed by atoms with E-state index >= 15 is 0 Å². The Morgan fingerprint density at radius 1 is 1.00 bits per heavy atom. The zero-order valence-corrected chi connectivity index (χ0v) is 5.63. The molecular weight excluding hydrogens is 120 g/mol. The van der Waals surface area contributed by atoms with Gasteiger partial charge in [-0.1, -0.05) is 14.9 Å². The fraction of sp³-hybridized carbons (Fsp3) is 1.00. The van der Waals surface area contributed by atoms with Crippen LogP contribution in [0.2, 0.25) is 0 Å². The van der Waals surface area contributed by atoms with Crippen molar-refractivity contribution in [2.24, 2.45) is 0 Å². The van der Waals surface area contributed by atoms with Crippen molar-refractivity contribution >= 4 is 11.8 Å². The summed E-state index contributed by atoms with van der Waals surface area (Å²) in [5.74, 6) is 0. The number of rotatable bonds is 0. The smallest absolute Gasteiger partial charge is 0.0351 e. The Morgan fingerprint density at radius 3 is 1.00 bits per heavy atom. The van der Waals surface area contributed by atoms with Crippen molar-refractivity contribution in [1.29, 1.82) is 0 Å². The zero-order chi connectivity index (χ0) is 5.41. The first-order valence-corrected chi connectivity index (χ1v) is 3.27. The summed E-state index contributed by atoms with van der Waals surface area (Å²) < 4.78 is 4.25. The lowest BCUT2D eigenvalue weighted by Gasteiger charge is -1.61. The third-order valence-corrected chi connectivity index (χ3v) is 0. The molecule has 0 aromatic rings. The first-order valence-electron chi connectivity index (χ1n) is 1.63. The van der Waals surface area contributed by atoms with Gasteiger partial charge in [-0.15, -0.1) is 0 Å². The third kappa shape index (κ3) is 1850. The third-order valence-electron chi connectivity index (χ3n) is 0.